The summed E-state index contributed by atoms with van der Waals surface area (Å²) in [6.07, 6.45) is 2.40. The van der Waals surface area contributed by atoms with Gasteiger partial charge in [-0.15, -0.1) is 10.2 Å². The molecule has 0 aliphatic rings. The fourth-order valence-electron chi connectivity index (χ4n) is 3.24. The molecule has 0 bridgehead atoms. The maximum Gasteiger partial charge on any atom is 0.230 e. The molecule has 0 saturated carbocycles. The fourth-order valence-corrected chi connectivity index (χ4v) is 3.98. The largest absolute Gasteiger partial charge is 0.348 e. The van der Waals surface area contributed by atoms with Crippen LogP contribution in [-0.4, -0.2) is 26.4 Å². The van der Waals surface area contributed by atoms with Crippen LogP contribution in [0.25, 0.3) is 5.69 Å². The van der Waals surface area contributed by atoms with Gasteiger partial charge in [0.25, 0.3) is 0 Å². The molecule has 150 valence electrons. The van der Waals surface area contributed by atoms with E-state index in [4.69, 9.17) is 0 Å². The second kappa shape index (κ2) is 9.89. The van der Waals surface area contributed by atoms with E-state index in [0.717, 1.165) is 17.7 Å². The first-order chi connectivity index (χ1) is 14.8. The van der Waals surface area contributed by atoms with Crippen molar-refractivity contribution in [2.24, 2.45) is 0 Å². The van der Waals surface area contributed by atoms with Crippen LogP contribution in [0.5, 0.6) is 0 Å². The summed E-state index contributed by atoms with van der Waals surface area (Å²) < 4.78 is 1.89. The van der Waals surface area contributed by atoms with E-state index >= 15 is 0 Å². The van der Waals surface area contributed by atoms with Crippen molar-refractivity contribution in [1.29, 1.82) is 0 Å². The molecule has 1 atom stereocenters. The lowest BCUT2D eigenvalue weighted by atomic mass is 9.99. The van der Waals surface area contributed by atoms with E-state index in [0.29, 0.717) is 5.16 Å². The smallest absolute Gasteiger partial charge is 0.230 e. The van der Waals surface area contributed by atoms with Crippen molar-refractivity contribution in [1.82, 2.24) is 20.1 Å². The van der Waals surface area contributed by atoms with E-state index in [1.54, 1.807) is 6.33 Å². The van der Waals surface area contributed by atoms with Gasteiger partial charge in [-0.25, -0.2) is 0 Å². The van der Waals surface area contributed by atoms with Gasteiger partial charge in [-0.3, -0.25) is 9.36 Å². The Morgan fingerprint density at radius 2 is 1.53 bits per heavy atom. The van der Waals surface area contributed by atoms with Crippen LogP contribution in [0.4, 0.5) is 0 Å². The lowest BCUT2D eigenvalue weighted by Gasteiger charge is -2.19. The monoisotopic (exact) mass is 414 g/mol. The number of nitrogens with zero attached hydrogens (tertiary/aromatic N) is 3. The van der Waals surface area contributed by atoms with Gasteiger partial charge in [0.05, 0.1) is 11.8 Å². The molecular formula is C24H22N4OS. The van der Waals surface area contributed by atoms with Gasteiger partial charge >= 0.3 is 0 Å². The summed E-state index contributed by atoms with van der Waals surface area (Å²) in [5.74, 6) is 0.233. The van der Waals surface area contributed by atoms with Gasteiger partial charge in [-0.1, -0.05) is 90.6 Å². The lowest BCUT2D eigenvalue weighted by molar-refractivity contribution is -0.119. The van der Waals surface area contributed by atoms with Crippen LogP contribution in [0.2, 0.25) is 0 Å². The molecule has 1 aromatic heterocycles. The van der Waals surface area contributed by atoms with Crippen molar-refractivity contribution in [2.45, 2.75) is 17.6 Å². The van der Waals surface area contributed by atoms with Gasteiger partial charge in [0.1, 0.15) is 6.33 Å². The van der Waals surface area contributed by atoms with Crippen LogP contribution in [0, 0.1) is 0 Å². The Hall–Kier alpha value is -3.38. The van der Waals surface area contributed by atoms with E-state index in [-0.39, 0.29) is 17.7 Å². The number of thioether (sulfide) groups is 1. The molecule has 0 spiro atoms. The zero-order valence-corrected chi connectivity index (χ0v) is 17.2. The molecule has 4 rings (SSSR count). The molecule has 0 saturated heterocycles. The number of amides is 1. The summed E-state index contributed by atoms with van der Waals surface area (Å²) in [6, 6.07) is 30.0. The third-order valence-corrected chi connectivity index (χ3v) is 5.65. The minimum Gasteiger partial charge on any atom is -0.348 e. The molecule has 0 unspecified atom stereocenters. The van der Waals surface area contributed by atoms with E-state index in [1.807, 2.05) is 83.4 Å². The van der Waals surface area contributed by atoms with Gasteiger partial charge in [0.15, 0.2) is 5.16 Å². The Morgan fingerprint density at radius 3 is 2.23 bits per heavy atom. The summed E-state index contributed by atoms with van der Waals surface area (Å²) >= 11 is 1.38. The minimum atomic E-state index is -0.0892. The van der Waals surface area contributed by atoms with Crippen molar-refractivity contribution >= 4 is 17.7 Å². The van der Waals surface area contributed by atoms with Crippen molar-refractivity contribution in [3.8, 4) is 5.69 Å². The number of hydrogen-bond donors (Lipinski definition) is 1. The molecule has 1 N–H and O–H groups in total. The van der Waals surface area contributed by atoms with Crippen molar-refractivity contribution in [3.05, 3.63) is 108 Å². The van der Waals surface area contributed by atoms with E-state index in [1.165, 1.54) is 17.3 Å². The first-order valence-electron chi connectivity index (χ1n) is 9.76. The second-order valence-electron chi connectivity index (χ2n) is 6.83. The topological polar surface area (TPSA) is 59.8 Å². The molecule has 0 radical (unpaired) electrons. The average molecular weight is 415 g/mol. The molecule has 4 aromatic rings. The maximum absolute atomic E-state index is 12.8. The Labute approximate surface area is 180 Å². The molecule has 3 aromatic carbocycles. The Morgan fingerprint density at radius 1 is 0.900 bits per heavy atom. The van der Waals surface area contributed by atoms with Crippen LogP contribution in [0.3, 0.4) is 0 Å². The van der Waals surface area contributed by atoms with E-state index < -0.39 is 0 Å². The van der Waals surface area contributed by atoms with Crippen LogP contribution in [0.1, 0.15) is 17.2 Å². The highest BCUT2D eigenvalue weighted by Gasteiger charge is 2.16. The Kier molecular flexibility index (Phi) is 6.57. The number of para-hydroxylation sites is 1. The van der Waals surface area contributed by atoms with Gasteiger partial charge in [-0.05, 0) is 29.7 Å². The number of aromatic nitrogens is 3. The third-order valence-electron chi connectivity index (χ3n) is 4.70. The summed E-state index contributed by atoms with van der Waals surface area (Å²) in [5.41, 5.74) is 3.24. The van der Waals surface area contributed by atoms with Crippen LogP contribution < -0.4 is 5.32 Å². The molecule has 0 fully saturated rings. The van der Waals surface area contributed by atoms with Gasteiger partial charge in [0.2, 0.25) is 5.91 Å². The average Bonchev–Trinajstić information content (AvgIpc) is 3.28. The van der Waals surface area contributed by atoms with Gasteiger partial charge in [0, 0.05) is 5.69 Å². The Bertz CT molecular complexity index is 1070. The first-order valence-corrected chi connectivity index (χ1v) is 10.7. The fraction of sp³-hybridized carbons (Fsp3) is 0.125. The van der Waals surface area contributed by atoms with E-state index in [9.17, 15) is 4.79 Å². The SMILES string of the molecule is O=C(CSc1nncn1-c1ccccc1)N[C@H](Cc1ccccc1)c1ccccc1. The zero-order valence-electron chi connectivity index (χ0n) is 16.4. The third kappa shape index (κ3) is 5.15. The van der Waals surface area contributed by atoms with Gasteiger partial charge < -0.3 is 5.32 Å². The van der Waals surface area contributed by atoms with Crippen LogP contribution in [0.15, 0.2) is 102 Å². The number of rotatable bonds is 8. The second-order valence-corrected chi connectivity index (χ2v) is 7.77. The number of hydrogen-bond acceptors (Lipinski definition) is 4. The highest BCUT2D eigenvalue weighted by Crippen LogP contribution is 2.21. The lowest BCUT2D eigenvalue weighted by Crippen LogP contribution is -2.31. The summed E-state index contributed by atoms with van der Waals surface area (Å²) in [5, 5.41) is 12.0. The molecular weight excluding hydrogens is 392 g/mol. The maximum atomic E-state index is 12.8. The highest BCUT2D eigenvalue weighted by atomic mass is 32.2. The number of nitrogens with one attached hydrogen (secondary N) is 1. The molecule has 1 amide bonds. The molecule has 30 heavy (non-hydrogen) atoms. The summed E-state index contributed by atoms with van der Waals surface area (Å²) in [7, 11) is 0. The minimum absolute atomic E-state index is 0.0348. The van der Waals surface area contributed by atoms with E-state index in [2.05, 4.69) is 27.6 Å². The van der Waals surface area contributed by atoms with Crippen LogP contribution in [-0.2, 0) is 11.2 Å². The molecule has 1 heterocycles. The quantitative estimate of drug-likeness (QED) is 0.433. The van der Waals surface area contributed by atoms with Crippen LogP contribution >= 0.6 is 11.8 Å². The highest BCUT2D eigenvalue weighted by molar-refractivity contribution is 7.99. The molecule has 0 aliphatic heterocycles. The predicted molar refractivity (Wildman–Crippen MR) is 120 cm³/mol. The normalized spacial score (nSPS) is 11.7. The van der Waals surface area contributed by atoms with Gasteiger partial charge in [-0.2, -0.15) is 0 Å². The summed E-state index contributed by atoms with van der Waals surface area (Å²) in [6.45, 7) is 0. The molecule has 5 nitrogen and oxygen atoms in total. The Balaban J connectivity index is 1.43. The standard InChI is InChI=1S/C24H22N4OS/c29-23(17-30-24-27-25-18-28(24)21-14-8-3-9-15-21)26-22(20-12-6-2-7-13-20)16-19-10-4-1-5-11-19/h1-15,18,22H,16-17H2,(H,26,29)/t22-/m1/s1. The number of carbonyl (C=O) groups is 1. The zero-order chi connectivity index (χ0) is 20.6. The predicted octanol–water partition coefficient (Wildman–Crippen LogP) is 4.46. The first kappa shape index (κ1) is 19.9. The van der Waals surface area contributed by atoms with Crippen molar-refractivity contribution in [2.75, 3.05) is 5.75 Å². The number of carbonyl (C=O) groups excluding carboxylic acids is 1. The summed E-state index contributed by atoms with van der Waals surface area (Å²) in [4.78, 5) is 12.8. The van der Waals surface area contributed by atoms with Crippen molar-refractivity contribution in [3.63, 3.8) is 0 Å². The number of benzene rings is 3. The molecule has 0 aliphatic carbocycles. The molecule has 6 heteroatoms. The van der Waals surface area contributed by atoms with Crippen molar-refractivity contribution < 1.29 is 4.79 Å².